The highest BCUT2D eigenvalue weighted by atomic mass is 35.5. The number of halogens is 1. The smallest absolute Gasteiger partial charge is 0.0619 e. The van der Waals surface area contributed by atoms with E-state index >= 15 is 0 Å². The van der Waals surface area contributed by atoms with Gasteiger partial charge in [-0.1, -0.05) is 48.0 Å². The van der Waals surface area contributed by atoms with Gasteiger partial charge in [0.15, 0.2) is 0 Å². The normalized spacial score (nSPS) is 21.5. The van der Waals surface area contributed by atoms with Crippen molar-refractivity contribution in [3.8, 4) is 0 Å². The number of hydrogen-bond donors (Lipinski definition) is 1. The van der Waals surface area contributed by atoms with E-state index in [1.54, 1.807) is 7.11 Å². The van der Waals surface area contributed by atoms with Crippen LogP contribution >= 0.6 is 11.6 Å². The van der Waals surface area contributed by atoms with Gasteiger partial charge in [-0.25, -0.2) is 0 Å². The van der Waals surface area contributed by atoms with Crippen molar-refractivity contribution in [1.82, 2.24) is 5.32 Å². The van der Waals surface area contributed by atoms with Crippen LogP contribution in [0, 0.1) is 0 Å². The van der Waals surface area contributed by atoms with E-state index in [4.69, 9.17) is 16.3 Å². The SMILES string of the molecule is COC[C@@H]1Cc2ccc(Cl)cc2[C@H](c2ccccc2)N1. The molecule has 3 rings (SSSR count). The van der Waals surface area contributed by atoms with Gasteiger partial charge in [0.1, 0.15) is 0 Å². The van der Waals surface area contributed by atoms with Crippen LogP contribution in [0.3, 0.4) is 0 Å². The molecule has 0 bridgehead atoms. The summed E-state index contributed by atoms with van der Waals surface area (Å²) in [5.74, 6) is 0. The third-order valence-corrected chi connectivity index (χ3v) is 4.02. The van der Waals surface area contributed by atoms with Gasteiger partial charge in [-0.2, -0.15) is 0 Å². The van der Waals surface area contributed by atoms with Crippen LogP contribution < -0.4 is 5.32 Å². The van der Waals surface area contributed by atoms with Crippen LogP contribution in [0.25, 0.3) is 0 Å². The summed E-state index contributed by atoms with van der Waals surface area (Å²) in [5.41, 5.74) is 3.89. The Hall–Kier alpha value is -1.35. The third-order valence-electron chi connectivity index (χ3n) is 3.79. The van der Waals surface area contributed by atoms with Gasteiger partial charge in [0.25, 0.3) is 0 Å². The highest BCUT2D eigenvalue weighted by molar-refractivity contribution is 6.30. The average Bonchev–Trinajstić information content (AvgIpc) is 2.48. The molecule has 2 nitrogen and oxygen atoms in total. The maximum Gasteiger partial charge on any atom is 0.0619 e. The van der Waals surface area contributed by atoms with E-state index in [-0.39, 0.29) is 6.04 Å². The van der Waals surface area contributed by atoms with Gasteiger partial charge >= 0.3 is 0 Å². The molecule has 0 saturated heterocycles. The van der Waals surface area contributed by atoms with Crippen molar-refractivity contribution in [2.45, 2.75) is 18.5 Å². The summed E-state index contributed by atoms with van der Waals surface area (Å²) in [7, 11) is 1.75. The Kier molecular flexibility index (Phi) is 4.06. The fraction of sp³-hybridized carbons (Fsp3) is 0.294. The zero-order chi connectivity index (χ0) is 13.9. The van der Waals surface area contributed by atoms with Crippen molar-refractivity contribution in [2.75, 3.05) is 13.7 Å². The van der Waals surface area contributed by atoms with E-state index in [0.29, 0.717) is 12.6 Å². The Morgan fingerprint density at radius 1 is 1.20 bits per heavy atom. The van der Waals surface area contributed by atoms with Crippen LogP contribution in [-0.2, 0) is 11.2 Å². The van der Waals surface area contributed by atoms with Gasteiger partial charge in [-0.3, -0.25) is 0 Å². The minimum atomic E-state index is 0.179. The van der Waals surface area contributed by atoms with Gasteiger partial charge in [0, 0.05) is 18.2 Å². The predicted octanol–water partition coefficient (Wildman–Crippen LogP) is 3.59. The minimum Gasteiger partial charge on any atom is -0.383 e. The molecule has 1 aliphatic heterocycles. The molecule has 0 saturated carbocycles. The summed E-state index contributed by atoms with van der Waals surface area (Å²) in [6, 6.07) is 17.2. The number of rotatable bonds is 3. The second-order valence-electron chi connectivity index (χ2n) is 5.21. The number of methoxy groups -OCH3 is 1. The van der Waals surface area contributed by atoms with E-state index in [0.717, 1.165) is 11.4 Å². The first-order valence-electron chi connectivity index (χ1n) is 6.86. The fourth-order valence-electron chi connectivity index (χ4n) is 2.90. The molecule has 20 heavy (non-hydrogen) atoms. The molecule has 104 valence electrons. The molecule has 2 atom stereocenters. The molecule has 3 heteroatoms. The maximum absolute atomic E-state index is 6.17. The van der Waals surface area contributed by atoms with E-state index in [9.17, 15) is 0 Å². The highest BCUT2D eigenvalue weighted by Crippen LogP contribution is 2.32. The molecule has 0 radical (unpaired) electrons. The number of benzene rings is 2. The average molecular weight is 288 g/mol. The van der Waals surface area contributed by atoms with Crippen molar-refractivity contribution in [2.24, 2.45) is 0 Å². The third kappa shape index (κ3) is 2.73. The van der Waals surface area contributed by atoms with Gasteiger partial charge in [-0.15, -0.1) is 0 Å². The lowest BCUT2D eigenvalue weighted by Gasteiger charge is -2.33. The molecule has 1 heterocycles. The molecular formula is C17H18ClNO. The lowest BCUT2D eigenvalue weighted by molar-refractivity contribution is 0.159. The standard InChI is InChI=1S/C17H18ClNO/c1-20-11-15-9-13-7-8-14(18)10-16(13)17(19-15)12-5-3-2-4-6-12/h2-8,10,15,17,19H,9,11H2,1H3/t15-,17-/m0/s1. The number of nitrogens with one attached hydrogen (secondary N) is 1. The van der Waals surface area contributed by atoms with Crippen LogP contribution in [0.5, 0.6) is 0 Å². The largest absolute Gasteiger partial charge is 0.383 e. The van der Waals surface area contributed by atoms with Crippen molar-refractivity contribution < 1.29 is 4.74 Å². The summed E-state index contributed by atoms with van der Waals surface area (Å²) < 4.78 is 5.32. The molecule has 0 fully saturated rings. The lowest BCUT2D eigenvalue weighted by atomic mass is 9.87. The molecule has 2 aromatic rings. The van der Waals surface area contributed by atoms with E-state index in [1.807, 2.05) is 12.1 Å². The van der Waals surface area contributed by atoms with Gasteiger partial charge in [0.05, 0.1) is 12.6 Å². The van der Waals surface area contributed by atoms with Gasteiger partial charge < -0.3 is 10.1 Å². The number of ether oxygens (including phenoxy) is 1. The van der Waals surface area contributed by atoms with Crippen LogP contribution in [0.15, 0.2) is 48.5 Å². The minimum absolute atomic E-state index is 0.179. The summed E-state index contributed by atoms with van der Waals surface area (Å²) >= 11 is 6.17. The van der Waals surface area contributed by atoms with Crippen LogP contribution in [0.1, 0.15) is 22.7 Å². The number of fused-ring (bicyclic) bond motifs is 1. The van der Waals surface area contributed by atoms with E-state index in [1.165, 1.54) is 16.7 Å². The zero-order valence-electron chi connectivity index (χ0n) is 11.5. The second kappa shape index (κ2) is 5.96. The van der Waals surface area contributed by atoms with Gasteiger partial charge in [0.2, 0.25) is 0 Å². The first-order chi connectivity index (χ1) is 9.78. The monoisotopic (exact) mass is 287 g/mol. The molecule has 2 aromatic carbocycles. The maximum atomic E-state index is 6.17. The van der Waals surface area contributed by atoms with Crippen molar-refractivity contribution >= 4 is 11.6 Å². The molecule has 1 aliphatic rings. The highest BCUT2D eigenvalue weighted by Gasteiger charge is 2.27. The molecule has 0 spiro atoms. The Balaban J connectivity index is 2.02. The second-order valence-corrected chi connectivity index (χ2v) is 5.65. The van der Waals surface area contributed by atoms with Crippen molar-refractivity contribution in [3.63, 3.8) is 0 Å². The van der Waals surface area contributed by atoms with Crippen LogP contribution in [0.4, 0.5) is 0 Å². The molecule has 0 aliphatic carbocycles. The van der Waals surface area contributed by atoms with Crippen molar-refractivity contribution in [1.29, 1.82) is 0 Å². The summed E-state index contributed by atoms with van der Waals surface area (Å²) in [5, 5.41) is 4.46. The number of hydrogen-bond acceptors (Lipinski definition) is 2. The Morgan fingerprint density at radius 2 is 2.00 bits per heavy atom. The van der Waals surface area contributed by atoms with Crippen molar-refractivity contribution in [3.05, 3.63) is 70.2 Å². The van der Waals surface area contributed by atoms with Crippen LogP contribution in [-0.4, -0.2) is 19.8 Å². The molecule has 0 unspecified atom stereocenters. The first kappa shape index (κ1) is 13.6. The Morgan fingerprint density at radius 3 is 2.75 bits per heavy atom. The summed E-state index contributed by atoms with van der Waals surface area (Å²) in [6.07, 6.45) is 0.976. The molecule has 1 N–H and O–H groups in total. The first-order valence-corrected chi connectivity index (χ1v) is 7.24. The summed E-state index contributed by atoms with van der Waals surface area (Å²) in [4.78, 5) is 0. The molecule has 0 amide bonds. The predicted molar refractivity (Wildman–Crippen MR) is 82.2 cm³/mol. The Bertz CT molecular complexity index is 585. The van der Waals surface area contributed by atoms with Gasteiger partial charge in [-0.05, 0) is 35.2 Å². The topological polar surface area (TPSA) is 21.3 Å². The van der Waals surface area contributed by atoms with Crippen LogP contribution in [0.2, 0.25) is 5.02 Å². The zero-order valence-corrected chi connectivity index (χ0v) is 12.2. The lowest BCUT2D eigenvalue weighted by Crippen LogP contribution is -2.42. The van der Waals surface area contributed by atoms with E-state index in [2.05, 4.69) is 41.7 Å². The summed E-state index contributed by atoms with van der Waals surface area (Å²) in [6.45, 7) is 0.714. The Labute approximate surface area is 124 Å². The fourth-order valence-corrected chi connectivity index (χ4v) is 3.08. The molecular weight excluding hydrogens is 270 g/mol. The van der Waals surface area contributed by atoms with E-state index < -0.39 is 0 Å². The molecule has 0 aromatic heterocycles. The quantitative estimate of drug-likeness (QED) is 0.931.